The minimum Gasteiger partial charge on any atom is -0.329 e. The lowest BCUT2D eigenvalue weighted by atomic mass is 10.1. The maximum atomic E-state index is 12.5. The highest BCUT2D eigenvalue weighted by molar-refractivity contribution is 7.92. The summed E-state index contributed by atoms with van der Waals surface area (Å²) in [5.41, 5.74) is 0.881. The number of nitrogens with zero attached hydrogens (tertiary/aromatic N) is 2. The van der Waals surface area contributed by atoms with E-state index in [0.717, 1.165) is 0 Å². The van der Waals surface area contributed by atoms with Crippen LogP contribution < -0.4 is 0 Å². The number of halogens is 3. The molecule has 3 aromatic rings. The molecule has 1 heterocycles. The number of carbonyl (C=O) groups excluding carboxylic acids is 1. The van der Waals surface area contributed by atoms with Crippen LogP contribution in [-0.2, 0) is 16.0 Å². The Kier molecular flexibility index (Phi) is 5.56. The van der Waals surface area contributed by atoms with Gasteiger partial charge in [-0.15, -0.1) is 0 Å². The van der Waals surface area contributed by atoms with Gasteiger partial charge in [-0.1, -0.05) is 59.8 Å². The third kappa shape index (κ3) is 4.70. The number of Topliss-reactive ketones (excluding diaryl/α,β-unsaturated/α-hetero) is 1. The van der Waals surface area contributed by atoms with Crippen LogP contribution in [0.2, 0.25) is 0 Å². The molecular formula is C19H15F3N2O4S. The van der Waals surface area contributed by atoms with Gasteiger partial charge in [-0.05, 0) is 12.5 Å². The molecule has 0 fully saturated rings. The highest BCUT2D eigenvalue weighted by Gasteiger charge is 2.38. The minimum absolute atomic E-state index is 0.108. The van der Waals surface area contributed by atoms with Gasteiger partial charge in [-0.3, -0.25) is 4.79 Å². The van der Waals surface area contributed by atoms with E-state index < -0.39 is 38.7 Å². The number of rotatable bonds is 6. The molecular weight excluding hydrogens is 409 g/mol. The zero-order valence-electron chi connectivity index (χ0n) is 15.1. The summed E-state index contributed by atoms with van der Waals surface area (Å²) in [6.07, 6.45) is -4.76. The van der Waals surface area contributed by atoms with Crippen LogP contribution in [0.3, 0.4) is 0 Å². The van der Waals surface area contributed by atoms with Crippen LogP contribution in [-0.4, -0.2) is 30.1 Å². The summed E-state index contributed by atoms with van der Waals surface area (Å²) in [6.45, 7) is 1.51. The van der Waals surface area contributed by atoms with Crippen molar-refractivity contribution in [2.75, 3.05) is 5.75 Å². The van der Waals surface area contributed by atoms with Gasteiger partial charge in [0.1, 0.15) is 5.75 Å². The molecule has 0 radical (unpaired) electrons. The average molecular weight is 424 g/mol. The Labute approximate surface area is 164 Å². The first-order chi connectivity index (χ1) is 13.6. The van der Waals surface area contributed by atoms with Gasteiger partial charge in [-0.25, -0.2) is 8.42 Å². The molecule has 0 aliphatic carbocycles. The number of alkyl halides is 3. The highest BCUT2D eigenvalue weighted by atomic mass is 32.2. The van der Waals surface area contributed by atoms with Crippen LogP contribution in [0.5, 0.6) is 0 Å². The van der Waals surface area contributed by atoms with E-state index in [1.165, 1.54) is 31.2 Å². The first-order valence-electron chi connectivity index (χ1n) is 8.39. The van der Waals surface area contributed by atoms with Crippen LogP contribution in [0, 0.1) is 0 Å². The molecule has 6 nitrogen and oxygen atoms in total. The van der Waals surface area contributed by atoms with Crippen LogP contribution >= 0.6 is 0 Å². The number of ketones is 1. The van der Waals surface area contributed by atoms with Crippen molar-refractivity contribution >= 4 is 15.6 Å². The number of hydrogen-bond acceptors (Lipinski definition) is 6. The Bertz CT molecular complexity index is 1110. The topological polar surface area (TPSA) is 90.1 Å². The van der Waals surface area contributed by atoms with E-state index in [2.05, 4.69) is 14.7 Å². The van der Waals surface area contributed by atoms with E-state index in [1.54, 1.807) is 30.3 Å². The van der Waals surface area contributed by atoms with Crippen LogP contribution in [0.4, 0.5) is 13.2 Å². The van der Waals surface area contributed by atoms with Crippen LogP contribution in [0.1, 0.15) is 34.0 Å². The molecule has 3 rings (SSSR count). The van der Waals surface area contributed by atoms with E-state index in [0.29, 0.717) is 5.56 Å². The summed E-state index contributed by atoms with van der Waals surface area (Å²) in [4.78, 5) is 15.7. The van der Waals surface area contributed by atoms with Crippen molar-refractivity contribution in [3.63, 3.8) is 0 Å². The lowest BCUT2D eigenvalue weighted by Gasteiger charge is -2.12. The number of hydrogen-bond donors (Lipinski definition) is 0. The molecule has 0 aliphatic rings. The largest absolute Gasteiger partial charge is 0.471 e. The fraction of sp³-hybridized carbons (Fsp3) is 0.211. The zero-order chi connectivity index (χ0) is 21.2. The third-order valence-corrected chi connectivity index (χ3v) is 6.29. The van der Waals surface area contributed by atoms with E-state index in [1.807, 2.05) is 0 Å². The van der Waals surface area contributed by atoms with Gasteiger partial charge in [0.25, 0.3) is 0 Å². The Hall–Kier alpha value is -3.01. The fourth-order valence-electron chi connectivity index (χ4n) is 2.58. The zero-order valence-corrected chi connectivity index (χ0v) is 15.9. The van der Waals surface area contributed by atoms with Crippen LogP contribution in [0.25, 0.3) is 11.4 Å². The summed E-state index contributed by atoms with van der Waals surface area (Å²) in [7, 11) is -3.75. The van der Waals surface area contributed by atoms with E-state index >= 15 is 0 Å². The number of aromatic nitrogens is 2. The average Bonchev–Trinajstić information content (AvgIpc) is 3.18. The van der Waals surface area contributed by atoms with Crippen molar-refractivity contribution in [1.82, 2.24) is 10.1 Å². The SMILES string of the molecule is CC(c1ccccc1)S(=O)(=O)CC(=O)c1ccc(-c2noc(C(F)(F)F)n2)cc1. The molecule has 1 unspecified atom stereocenters. The molecule has 0 amide bonds. The van der Waals surface area contributed by atoms with Crippen molar-refractivity contribution in [2.24, 2.45) is 0 Å². The van der Waals surface area contributed by atoms with E-state index in [-0.39, 0.29) is 17.0 Å². The molecule has 29 heavy (non-hydrogen) atoms. The molecule has 0 N–H and O–H groups in total. The molecule has 1 aromatic heterocycles. The smallest absolute Gasteiger partial charge is 0.329 e. The Morgan fingerprint density at radius 3 is 2.24 bits per heavy atom. The number of sulfone groups is 1. The van der Waals surface area contributed by atoms with Crippen molar-refractivity contribution in [1.29, 1.82) is 0 Å². The molecule has 152 valence electrons. The Balaban J connectivity index is 1.74. The summed E-state index contributed by atoms with van der Waals surface area (Å²) < 4.78 is 66.8. The lowest BCUT2D eigenvalue weighted by Crippen LogP contribution is -2.21. The maximum Gasteiger partial charge on any atom is 0.471 e. The number of carbonyl (C=O) groups is 1. The van der Waals surface area contributed by atoms with Crippen LogP contribution in [0.15, 0.2) is 59.1 Å². The standard InChI is InChI=1S/C19H15F3N2O4S/c1-12(13-5-3-2-4-6-13)29(26,27)11-16(25)14-7-9-15(10-8-14)17-23-18(28-24-17)19(20,21)22/h2-10,12H,11H2,1H3. The Morgan fingerprint density at radius 2 is 1.69 bits per heavy atom. The van der Waals surface area contributed by atoms with Gasteiger partial charge in [0, 0.05) is 11.1 Å². The minimum atomic E-state index is -4.76. The molecule has 0 saturated carbocycles. The quantitative estimate of drug-likeness (QED) is 0.553. The third-order valence-electron chi connectivity index (χ3n) is 4.27. The summed E-state index contributed by atoms with van der Waals surface area (Å²) >= 11 is 0. The maximum absolute atomic E-state index is 12.5. The highest BCUT2D eigenvalue weighted by Crippen LogP contribution is 2.29. The normalized spacial score (nSPS) is 13.2. The first kappa shape index (κ1) is 20.7. The van der Waals surface area contributed by atoms with Crippen molar-refractivity contribution < 1.29 is 30.9 Å². The molecule has 0 spiro atoms. The second-order valence-corrected chi connectivity index (χ2v) is 8.60. The lowest BCUT2D eigenvalue weighted by molar-refractivity contribution is -0.159. The van der Waals surface area contributed by atoms with Gasteiger partial charge in [-0.2, -0.15) is 18.2 Å². The molecule has 1 atom stereocenters. The summed E-state index contributed by atoms with van der Waals surface area (Å²) in [5.74, 6) is -3.08. The van der Waals surface area contributed by atoms with E-state index in [4.69, 9.17) is 0 Å². The second kappa shape index (κ2) is 7.78. The van der Waals surface area contributed by atoms with Crippen molar-refractivity contribution in [2.45, 2.75) is 18.3 Å². The number of benzene rings is 2. The molecule has 10 heteroatoms. The first-order valence-corrected chi connectivity index (χ1v) is 10.1. The molecule has 2 aromatic carbocycles. The van der Waals surface area contributed by atoms with Crippen molar-refractivity contribution in [3.8, 4) is 11.4 Å². The van der Waals surface area contributed by atoms with Gasteiger partial charge in [0.05, 0.1) is 5.25 Å². The van der Waals surface area contributed by atoms with E-state index in [9.17, 15) is 26.4 Å². The summed E-state index contributed by atoms with van der Waals surface area (Å²) in [5, 5.41) is 2.40. The van der Waals surface area contributed by atoms with Crippen molar-refractivity contribution in [3.05, 3.63) is 71.6 Å². The Morgan fingerprint density at radius 1 is 1.07 bits per heavy atom. The van der Waals surface area contributed by atoms with Gasteiger partial charge >= 0.3 is 12.1 Å². The second-order valence-electron chi connectivity index (χ2n) is 6.28. The molecule has 0 saturated heterocycles. The predicted molar refractivity (Wildman–Crippen MR) is 97.7 cm³/mol. The fourth-order valence-corrected chi connectivity index (χ4v) is 3.94. The predicted octanol–water partition coefficient (Wildman–Crippen LogP) is 4.11. The van der Waals surface area contributed by atoms with Gasteiger partial charge in [0.15, 0.2) is 15.6 Å². The van der Waals surface area contributed by atoms with Gasteiger partial charge in [0.2, 0.25) is 5.82 Å². The summed E-state index contributed by atoms with van der Waals surface area (Å²) in [6, 6.07) is 13.8. The molecule has 0 bridgehead atoms. The van der Waals surface area contributed by atoms with Gasteiger partial charge < -0.3 is 4.52 Å². The molecule has 0 aliphatic heterocycles. The monoisotopic (exact) mass is 424 g/mol.